The van der Waals surface area contributed by atoms with Gasteiger partial charge in [-0.2, -0.15) is 4.68 Å². The van der Waals surface area contributed by atoms with Gasteiger partial charge in [-0.15, -0.1) is 0 Å². The smallest absolute Gasteiger partial charge is 0.389 e. The van der Waals surface area contributed by atoms with Crippen molar-refractivity contribution in [3.63, 3.8) is 0 Å². The van der Waals surface area contributed by atoms with E-state index in [1.165, 1.54) is 16.9 Å². The molecule has 2 N–H and O–H groups in total. The number of aliphatic hydroxyl groups is 1. The third-order valence-corrected chi connectivity index (χ3v) is 2.89. The average Bonchev–Trinajstić information content (AvgIpc) is 2.78. The minimum atomic E-state index is -0.567. The maximum atomic E-state index is 10.5. The van der Waals surface area contributed by atoms with Gasteiger partial charge in [-0.25, -0.2) is 0 Å². The number of rotatable bonds is 5. The van der Waals surface area contributed by atoms with E-state index in [4.69, 9.17) is 0 Å². The fourth-order valence-electron chi connectivity index (χ4n) is 2.02. The lowest BCUT2D eigenvalue weighted by atomic mass is 10.3. The van der Waals surface area contributed by atoms with Crippen LogP contribution >= 0.6 is 0 Å². The Bertz CT molecular complexity index is 402. The van der Waals surface area contributed by atoms with E-state index in [0.717, 1.165) is 26.2 Å². The minimum Gasteiger partial charge on any atom is -0.390 e. The second-order valence-electron chi connectivity index (χ2n) is 4.36. The lowest BCUT2D eigenvalue weighted by molar-refractivity contribution is -0.389. The van der Waals surface area contributed by atoms with Crippen LogP contribution in [0.1, 0.15) is 0 Å². The molecule has 8 nitrogen and oxygen atoms in total. The molecule has 1 fully saturated rings. The van der Waals surface area contributed by atoms with Gasteiger partial charge in [-0.3, -0.25) is 4.90 Å². The van der Waals surface area contributed by atoms with Crippen LogP contribution in [-0.4, -0.2) is 63.5 Å². The molecule has 100 valence electrons. The fourth-order valence-corrected chi connectivity index (χ4v) is 2.02. The van der Waals surface area contributed by atoms with E-state index >= 15 is 0 Å². The first kappa shape index (κ1) is 12.9. The summed E-state index contributed by atoms with van der Waals surface area (Å²) < 4.78 is 1.41. The van der Waals surface area contributed by atoms with Crippen LogP contribution in [0.5, 0.6) is 0 Å². The normalized spacial score (nSPS) is 18.7. The molecule has 0 spiro atoms. The molecular weight excluding hydrogens is 238 g/mol. The number of nitro groups is 1. The highest BCUT2D eigenvalue weighted by atomic mass is 16.6. The van der Waals surface area contributed by atoms with Crippen LogP contribution in [0, 0.1) is 10.1 Å². The van der Waals surface area contributed by atoms with E-state index in [9.17, 15) is 15.2 Å². The summed E-state index contributed by atoms with van der Waals surface area (Å²) >= 11 is 0. The minimum absolute atomic E-state index is 0.190. The van der Waals surface area contributed by atoms with Gasteiger partial charge in [-0.05, 0) is 4.92 Å². The first-order valence-corrected chi connectivity index (χ1v) is 5.94. The van der Waals surface area contributed by atoms with Crippen molar-refractivity contribution in [1.29, 1.82) is 0 Å². The molecule has 0 saturated carbocycles. The molecule has 8 heteroatoms. The first-order chi connectivity index (χ1) is 8.65. The van der Waals surface area contributed by atoms with Crippen molar-refractivity contribution in [3.8, 4) is 0 Å². The monoisotopic (exact) mass is 255 g/mol. The van der Waals surface area contributed by atoms with Crippen LogP contribution in [-0.2, 0) is 6.54 Å². The lowest BCUT2D eigenvalue weighted by Crippen LogP contribution is -2.46. The number of aromatic nitrogens is 2. The van der Waals surface area contributed by atoms with Crippen LogP contribution in [0.3, 0.4) is 0 Å². The summed E-state index contributed by atoms with van der Waals surface area (Å²) in [5.41, 5.74) is 0. The molecule has 2 rings (SSSR count). The third kappa shape index (κ3) is 3.49. The van der Waals surface area contributed by atoms with Gasteiger partial charge in [0.15, 0.2) is 0 Å². The van der Waals surface area contributed by atoms with E-state index < -0.39 is 11.0 Å². The number of hydrogen-bond donors (Lipinski definition) is 2. The Morgan fingerprint density at radius 1 is 1.50 bits per heavy atom. The molecule has 1 aromatic heterocycles. The molecule has 0 bridgehead atoms. The molecule has 1 aliphatic rings. The molecule has 2 heterocycles. The van der Waals surface area contributed by atoms with E-state index in [-0.39, 0.29) is 12.4 Å². The molecule has 1 saturated heterocycles. The number of piperazine rings is 1. The van der Waals surface area contributed by atoms with Crippen LogP contribution in [0.25, 0.3) is 0 Å². The van der Waals surface area contributed by atoms with E-state index in [2.05, 4.69) is 15.3 Å². The Morgan fingerprint density at radius 3 is 2.83 bits per heavy atom. The summed E-state index contributed by atoms with van der Waals surface area (Å²) in [7, 11) is 0. The van der Waals surface area contributed by atoms with Gasteiger partial charge in [-0.1, -0.05) is 0 Å². The second-order valence-corrected chi connectivity index (χ2v) is 4.36. The summed E-state index contributed by atoms with van der Waals surface area (Å²) in [6, 6.07) is 1.33. The van der Waals surface area contributed by atoms with Crippen LogP contribution < -0.4 is 5.32 Å². The number of nitrogens with one attached hydrogen (secondary N) is 1. The predicted octanol–water partition coefficient (Wildman–Crippen LogP) is -0.943. The zero-order valence-electron chi connectivity index (χ0n) is 10.0. The van der Waals surface area contributed by atoms with Gasteiger partial charge >= 0.3 is 5.82 Å². The Kier molecular flexibility index (Phi) is 4.24. The highest BCUT2D eigenvalue weighted by molar-refractivity contribution is 5.13. The summed E-state index contributed by atoms with van der Waals surface area (Å²) in [4.78, 5) is 12.1. The zero-order valence-corrected chi connectivity index (χ0v) is 10.0. The summed E-state index contributed by atoms with van der Waals surface area (Å²) in [6.07, 6.45) is 0.946. The number of nitrogens with zero attached hydrogens (tertiary/aromatic N) is 4. The molecule has 1 unspecified atom stereocenters. The molecule has 0 amide bonds. The molecule has 0 radical (unpaired) electrons. The van der Waals surface area contributed by atoms with Gasteiger partial charge < -0.3 is 20.5 Å². The van der Waals surface area contributed by atoms with Crippen molar-refractivity contribution < 1.29 is 10.0 Å². The van der Waals surface area contributed by atoms with E-state index in [1.807, 2.05) is 0 Å². The van der Waals surface area contributed by atoms with Crippen molar-refractivity contribution in [2.75, 3.05) is 32.7 Å². The Hall–Kier alpha value is -1.51. The molecule has 1 aliphatic heterocycles. The Morgan fingerprint density at radius 2 is 2.22 bits per heavy atom. The van der Waals surface area contributed by atoms with E-state index in [0.29, 0.717) is 6.54 Å². The summed E-state index contributed by atoms with van der Waals surface area (Å²) in [5.74, 6) is -0.190. The van der Waals surface area contributed by atoms with Crippen molar-refractivity contribution in [2.24, 2.45) is 0 Å². The van der Waals surface area contributed by atoms with Gasteiger partial charge in [0.25, 0.3) is 0 Å². The standard InChI is InChI=1S/C10H17N5O3/c16-9(7-13-5-2-11-3-6-13)8-14-4-1-10(12-14)15(17)18/h1,4,9,11,16H,2-3,5-8H2. The summed E-state index contributed by atoms with van der Waals surface area (Å²) in [6.45, 7) is 4.53. The zero-order chi connectivity index (χ0) is 13.0. The molecule has 0 aromatic carbocycles. The Labute approximate surface area is 104 Å². The topological polar surface area (TPSA) is 96.5 Å². The largest absolute Gasteiger partial charge is 0.390 e. The SMILES string of the molecule is O=[N+]([O-])c1ccn(CC(O)CN2CCNCC2)n1. The van der Waals surface area contributed by atoms with Crippen molar-refractivity contribution in [3.05, 3.63) is 22.4 Å². The molecule has 1 aromatic rings. The predicted molar refractivity (Wildman–Crippen MR) is 64.2 cm³/mol. The molecule has 18 heavy (non-hydrogen) atoms. The maximum absolute atomic E-state index is 10.5. The Balaban J connectivity index is 1.82. The van der Waals surface area contributed by atoms with Gasteiger partial charge in [0.2, 0.25) is 0 Å². The quantitative estimate of drug-likeness (QED) is 0.520. The van der Waals surface area contributed by atoms with Gasteiger partial charge in [0.05, 0.1) is 30.0 Å². The number of β-amino-alcohol motifs (C(OH)–C–C–N with tert-alkyl or cyclic N) is 1. The molecular formula is C10H17N5O3. The number of hydrogen-bond acceptors (Lipinski definition) is 6. The third-order valence-electron chi connectivity index (χ3n) is 2.89. The van der Waals surface area contributed by atoms with Gasteiger partial charge in [0, 0.05) is 32.7 Å². The molecule has 0 aliphatic carbocycles. The van der Waals surface area contributed by atoms with Crippen molar-refractivity contribution in [2.45, 2.75) is 12.6 Å². The van der Waals surface area contributed by atoms with Crippen LogP contribution in [0.4, 0.5) is 5.82 Å². The highest BCUT2D eigenvalue weighted by Crippen LogP contribution is 2.06. The van der Waals surface area contributed by atoms with Gasteiger partial charge in [0.1, 0.15) is 0 Å². The van der Waals surface area contributed by atoms with Crippen LogP contribution in [0.15, 0.2) is 12.3 Å². The van der Waals surface area contributed by atoms with Crippen LogP contribution in [0.2, 0.25) is 0 Å². The van der Waals surface area contributed by atoms with E-state index in [1.54, 1.807) is 0 Å². The fraction of sp³-hybridized carbons (Fsp3) is 0.700. The molecule has 1 atom stereocenters. The summed E-state index contributed by atoms with van der Waals surface area (Å²) in [5, 5.41) is 27.4. The average molecular weight is 255 g/mol. The second kappa shape index (κ2) is 5.89. The highest BCUT2D eigenvalue weighted by Gasteiger charge is 2.17. The van der Waals surface area contributed by atoms with Crippen molar-refractivity contribution >= 4 is 5.82 Å². The number of aliphatic hydroxyl groups excluding tert-OH is 1. The maximum Gasteiger partial charge on any atom is 0.389 e. The first-order valence-electron chi connectivity index (χ1n) is 5.94. The van der Waals surface area contributed by atoms with Crippen molar-refractivity contribution in [1.82, 2.24) is 20.0 Å². The lowest BCUT2D eigenvalue weighted by Gasteiger charge is -2.28.